The fourth-order valence-electron chi connectivity index (χ4n) is 3.40. The molecule has 1 aromatic heterocycles. The number of likely N-dealkylation sites (N-methyl/N-ethyl adjacent to an activating group) is 1. The van der Waals surface area contributed by atoms with Crippen LogP contribution in [0.5, 0.6) is 0 Å². The number of aryl methyl sites for hydroxylation is 1. The topological polar surface area (TPSA) is 78.4 Å². The van der Waals surface area contributed by atoms with Gasteiger partial charge in [-0.3, -0.25) is 4.79 Å². The Labute approximate surface area is 161 Å². The van der Waals surface area contributed by atoms with Crippen molar-refractivity contribution >= 4 is 11.7 Å². The summed E-state index contributed by atoms with van der Waals surface area (Å²) in [5.74, 6) is 0.661. The molecule has 0 spiro atoms. The number of anilines is 1. The van der Waals surface area contributed by atoms with Crippen LogP contribution in [0, 0.1) is 6.92 Å². The van der Waals surface area contributed by atoms with Crippen LogP contribution in [0.3, 0.4) is 0 Å². The quantitative estimate of drug-likeness (QED) is 0.821. The van der Waals surface area contributed by atoms with Crippen LogP contribution >= 0.6 is 0 Å². The summed E-state index contributed by atoms with van der Waals surface area (Å²) in [6.07, 6.45) is -1.65. The highest BCUT2D eigenvalue weighted by Crippen LogP contribution is 2.38. The third kappa shape index (κ3) is 3.89. The standard InChI is InChI=1S/C19H23F3N4O2/c1-11-8-14(18(2)7-6-12(9-15(18)27)19(20,21)22)24-25-17(11)23-13-4-5-16(28)26(3)10-13/h6-9,13,15,27H,4-5,10H2,1-3H3,(H,23,25). The molecule has 1 aliphatic carbocycles. The highest BCUT2D eigenvalue weighted by molar-refractivity contribution is 5.77. The molecule has 1 aromatic rings. The van der Waals surface area contributed by atoms with Crippen molar-refractivity contribution < 1.29 is 23.1 Å². The predicted octanol–water partition coefficient (Wildman–Crippen LogP) is 2.49. The van der Waals surface area contributed by atoms with Crippen molar-refractivity contribution in [2.45, 2.75) is 50.4 Å². The molecule has 2 N–H and O–H groups in total. The van der Waals surface area contributed by atoms with E-state index in [1.165, 1.54) is 6.08 Å². The second-order valence-corrected chi connectivity index (χ2v) is 7.60. The fourth-order valence-corrected chi connectivity index (χ4v) is 3.40. The number of amides is 1. The molecule has 6 nitrogen and oxygen atoms in total. The minimum absolute atomic E-state index is 0.0505. The van der Waals surface area contributed by atoms with Crippen LogP contribution in [-0.4, -0.2) is 58.0 Å². The third-order valence-corrected chi connectivity index (χ3v) is 5.39. The monoisotopic (exact) mass is 396 g/mol. The maximum absolute atomic E-state index is 12.9. The highest BCUT2D eigenvalue weighted by Gasteiger charge is 2.41. The molecule has 152 valence electrons. The van der Waals surface area contributed by atoms with Crippen LogP contribution in [0.25, 0.3) is 0 Å². The number of aliphatic hydroxyl groups is 1. The third-order valence-electron chi connectivity index (χ3n) is 5.39. The zero-order chi connectivity index (χ0) is 20.7. The van der Waals surface area contributed by atoms with Crippen LogP contribution in [-0.2, 0) is 10.2 Å². The Morgan fingerprint density at radius 3 is 2.64 bits per heavy atom. The Morgan fingerprint density at radius 1 is 1.36 bits per heavy atom. The zero-order valence-corrected chi connectivity index (χ0v) is 15.9. The van der Waals surface area contributed by atoms with E-state index in [0.29, 0.717) is 30.9 Å². The van der Waals surface area contributed by atoms with Gasteiger partial charge in [-0.05, 0) is 38.0 Å². The van der Waals surface area contributed by atoms with Gasteiger partial charge in [-0.25, -0.2) is 0 Å². The van der Waals surface area contributed by atoms with E-state index in [2.05, 4.69) is 15.5 Å². The first-order valence-corrected chi connectivity index (χ1v) is 9.02. The number of alkyl halides is 3. The summed E-state index contributed by atoms with van der Waals surface area (Å²) in [6.45, 7) is 4.00. The molecule has 0 aromatic carbocycles. The van der Waals surface area contributed by atoms with Gasteiger partial charge in [0.1, 0.15) is 0 Å². The highest BCUT2D eigenvalue weighted by atomic mass is 19.4. The molecular weight excluding hydrogens is 373 g/mol. The van der Waals surface area contributed by atoms with Gasteiger partial charge in [0.2, 0.25) is 5.91 Å². The molecule has 0 saturated carbocycles. The largest absolute Gasteiger partial charge is 0.416 e. The molecule has 28 heavy (non-hydrogen) atoms. The maximum Gasteiger partial charge on any atom is 0.416 e. The molecule has 1 aliphatic heterocycles. The molecule has 0 radical (unpaired) electrons. The van der Waals surface area contributed by atoms with Gasteiger partial charge >= 0.3 is 6.18 Å². The number of hydrogen-bond acceptors (Lipinski definition) is 5. The van der Waals surface area contributed by atoms with Crippen LogP contribution in [0.1, 0.15) is 31.0 Å². The Hall–Kier alpha value is -2.42. The van der Waals surface area contributed by atoms with Gasteiger partial charge in [-0.1, -0.05) is 12.2 Å². The van der Waals surface area contributed by atoms with Crippen molar-refractivity contribution in [1.82, 2.24) is 15.1 Å². The number of hydrogen-bond donors (Lipinski definition) is 2. The van der Waals surface area contributed by atoms with E-state index < -0.39 is 23.3 Å². The number of halogens is 3. The van der Waals surface area contributed by atoms with E-state index in [-0.39, 0.29) is 11.9 Å². The first kappa shape index (κ1) is 20.3. The number of allylic oxidation sites excluding steroid dienone is 2. The lowest BCUT2D eigenvalue weighted by atomic mass is 9.76. The van der Waals surface area contributed by atoms with Gasteiger partial charge < -0.3 is 15.3 Å². The first-order valence-electron chi connectivity index (χ1n) is 9.02. The Morgan fingerprint density at radius 2 is 2.07 bits per heavy atom. The van der Waals surface area contributed by atoms with Gasteiger partial charge in [0.25, 0.3) is 0 Å². The normalized spacial score (nSPS) is 28.3. The minimum atomic E-state index is -4.51. The number of nitrogens with zero attached hydrogens (tertiary/aromatic N) is 3. The fraction of sp³-hybridized carbons (Fsp3) is 0.526. The molecule has 2 heterocycles. The molecule has 9 heteroatoms. The number of likely N-dealkylation sites (tertiary alicyclic amines) is 1. The molecule has 3 unspecified atom stereocenters. The zero-order valence-electron chi connectivity index (χ0n) is 15.9. The second kappa shape index (κ2) is 7.20. The molecule has 2 aliphatic rings. The second-order valence-electron chi connectivity index (χ2n) is 7.60. The van der Waals surface area contributed by atoms with Crippen molar-refractivity contribution in [2.75, 3.05) is 18.9 Å². The lowest BCUT2D eigenvalue weighted by Gasteiger charge is -2.33. The van der Waals surface area contributed by atoms with Crippen molar-refractivity contribution in [1.29, 1.82) is 0 Å². The maximum atomic E-state index is 12.9. The summed E-state index contributed by atoms with van der Waals surface area (Å²) in [5.41, 5.74) is -0.844. The first-order chi connectivity index (χ1) is 13.0. The van der Waals surface area contributed by atoms with Crippen molar-refractivity contribution in [3.8, 4) is 0 Å². The van der Waals surface area contributed by atoms with Gasteiger partial charge in [0.05, 0.1) is 22.8 Å². The minimum Gasteiger partial charge on any atom is -0.388 e. The van der Waals surface area contributed by atoms with E-state index >= 15 is 0 Å². The van der Waals surface area contributed by atoms with Crippen LogP contribution in [0.4, 0.5) is 19.0 Å². The Kier molecular flexibility index (Phi) is 5.22. The van der Waals surface area contributed by atoms with E-state index in [0.717, 1.165) is 17.7 Å². The van der Waals surface area contributed by atoms with Gasteiger partial charge in [0, 0.05) is 26.1 Å². The molecule has 1 saturated heterocycles. The summed E-state index contributed by atoms with van der Waals surface area (Å²) in [7, 11) is 1.75. The number of aliphatic hydroxyl groups excluding tert-OH is 1. The van der Waals surface area contributed by atoms with Crippen molar-refractivity contribution in [3.63, 3.8) is 0 Å². The lowest BCUT2D eigenvalue weighted by molar-refractivity contribution is -0.132. The Bertz CT molecular complexity index is 837. The summed E-state index contributed by atoms with van der Waals surface area (Å²) >= 11 is 0. The lowest BCUT2D eigenvalue weighted by Crippen LogP contribution is -2.43. The molecular formula is C19H23F3N4O2. The Balaban J connectivity index is 1.78. The number of aromatic nitrogens is 2. The summed E-state index contributed by atoms with van der Waals surface area (Å²) < 4.78 is 38.6. The smallest absolute Gasteiger partial charge is 0.388 e. The van der Waals surface area contributed by atoms with Crippen molar-refractivity contribution in [2.24, 2.45) is 0 Å². The summed E-state index contributed by atoms with van der Waals surface area (Å²) in [6, 6.07) is 1.77. The molecule has 0 bridgehead atoms. The number of piperidine rings is 1. The van der Waals surface area contributed by atoms with Gasteiger partial charge in [0.15, 0.2) is 5.82 Å². The van der Waals surface area contributed by atoms with E-state index in [4.69, 9.17) is 0 Å². The number of nitrogens with one attached hydrogen (secondary N) is 1. The van der Waals surface area contributed by atoms with Gasteiger partial charge in [-0.15, -0.1) is 5.10 Å². The number of rotatable bonds is 3. The number of carbonyl (C=O) groups excluding carboxylic acids is 1. The SMILES string of the molecule is Cc1cc(C2(C)C=CC(C(F)(F)F)=CC2O)nnc1NC1CCC(=O)N(C)C1. The van der Waals surface area contributed by atoms with Gasteiger partial charge in [-0.2, -0.15) is 18.3 Å². The van der Waals surface area contributed by atoms with Crippen LogP contribution in [0.15, 0.2) is 29.9 Å². The molecule has 1 amide bonds. The summed E-state index contributed by atoms with van der Waals surface area (Å²) in [5, 5.41) is 22.0. The average Bonchev–Trinajstić information content (AvgIpc) is 2.61. The van der Waals surface area contributed by atoms with E-state index in [1.807, 2.05) is 6.92 Å². The van der Waals surface area contributed by atoms with E-state index in [9.17, 15) is 23.1 Å². The molecule has 3 rings (SSSR count). The van der Waals surface area contributed by atoms with E-state index in [1.54, 1.807) is 24.9 Å². The molecule has 1 fully saturated rings. The number of carbonyl (C=O) groups is 1. The predicted molar refractivity (Wildman–Crippen MR) is 97.7 cm³/mol. The van der Waals surface area contributed by atoms with Crippen molar-refractivity contribution in [3.05, 3.63) is 41.1 Å². The average molecular weight is 396 g/mol. The van der Waals surface area contributed by atoms with Crippen LogP contribution in [0.2, 0.25) is 0 Å². The summed E-state index contributed by atoms with van der Waals surface area (Å²) in [4.78, 5) is 13.3. The molecule has 3 atom stereocenters. The van der Waals surface area contributed by atoms with Crippen LogP contribution < -0.4 is 5.32 Å².